The summed E-state index contributed by atoms with van der Waals surface area (Å²) in [4.78, 5) is 15.7. The number of amides is 1. The molecule has 0 aliphatic rings. The van der Waals surface area contributed by atoms with Gasteiger partial charge in [-0.2, -0.15) is 13.2 Å². The Kier molecular flexibility index (Phi) is 3.79. The van der Waals surface area contributed by atoms with Crippen molar-refractivity contribution >= 4 is 16.9 Å². The Morgan fingerprint density at radius 1 is 1.17 bits per heavy atom. The second-order valence-electron chi connectivity index (χ2n) is 5.53. The number of benzene rings is 2. The maximum atomic E-state index is 12.6. The molecule has 2 N–H and O–H groups in total. The standard InChI is InChI=1S/C17H14F3N3O/c1-23-14-7-4-11(16(21)24)9-13(14)22-15(23)8-10-2-5-12(6-3-10)17(18,19)20/h2-7,9H,8H2,1H3,(H2,21,24). The third-order valence-corrected chi connectivity index (χ3v) is 3.90. The van der Waals surface area contributed by atoms with Crippen molar-refractivity contribution in [2.75, 3.05) is 0 Å². The van der Waals surface area contributed by atoms with Crippen LogP contribution in [0.2, 0.25) is 0 Å². The fourth-order valence-corrected chi connectivity index (χ4v) is 2.56. The largest absolute Gasteiger partial charge is 0.416 e. The number of hydrogen-bond acceptors (Lipinski definition) is 2. The lowest BCUT2D eigenvalue weighted by Gasteiger charge is -2.07. The van der Waals surface area contributed by atoms with Crippen LogP contribution < -0.4 is 5.73 Å². The molecular weight excluding hydrogens is 319 g/mol. The van der Waals surface area contributed by atoms with Crippen molar-refractivity contribution in [2.45, 2.75) is 12.6 Å². The molecule has 3 rings (SSSR count). The molecule has 4 nitrogen and oxygen atoms in total. The number of nitrogens with two attached hydrogens (primary N) is 1. The highest BCUT2D eigenvalue weighted by Crippen LogP contribution is 2.29. The van der Waals surface area contributed by atoms with Crippen LogP contribution in [0.4, 0.5) is 13.2 Å². The number of fused-ring (bicyclic) bond motifs is 1. The molecule has 2 aromatic carbocycles. The van der Waals surface area contributed by atoms with E-state index in [0.29, 0.717) is 23.3 Å². The van der Waals surface area contributed by atoms with Gasteiger partial charge in [0, 0.05) is 19.0 Å². The Morgan fingerprint density at radius 2 is 1.83 bits per heavy atom. The van der Waals surface area contributed by atoms with Gasteiger partial charge in [-0.3, -0.25) is 4.79 Å². The number of aromatic nitrogens is 2. The van der Waals surface area contributed by atoms with Gasteiger partial charge in [-0.05, 0) is 35.9 Å². The lowest BCUT2D eigenvalue weighted by atomic mass is 10.1. The molecule has 1 aromatic heterocycles. The van der Waals surface area contributed by atoms with Crippen LogP contribution in [-0.4, -0.2) is 15.5 Å². The summed E-state index contributed by atoms with van der Waals surface area (Å²) in [7, 11) is 1.82. The highest BCUT2D eigenvalue weighted by molar-refractivity contribution is 5.96. The van der Waals surface area contributed by atoms with Gasteiger partial charge in [0.2, 0.25) is 5.91 Å². The minimum atomic E-state index is -4.35. The van der Waals surface area contributed by atoms with Crippen molar-refractivity contribution in [3.63, 3.8) is 0 Å². The number of aryl methyl sites for hydroxylation is 1. The molecule has 0 radical (unpaired) electrons. The van der Waals surface area contributed by atoms with E-state index in [2.05, 4.69) is 4.98 Å². The summed E-state index contributed by atoms with van der Waals surface area (Å²) in [5.41, 5.74) is 7.10. The molecule has 7 heteroatoms. The molecule has 1 amide bonds. The van der Waals surface area contributed by atoms with Gasteiger partial charge in [0.25, 0.3) is 0 Å². The normalized spacial score (nSPS) is 11.8. The highest BCUT2D eigenvalue weighted by Gasteiger charge is 2.29. The summed E-state index contributed by atoms with van der Waals surface area (Å²) in [6.07, 6.45) is -3.96. The summed E-state index contributed by atoms with van der Waals surface area (Å²) in [6, 6.07) is 9.97. The average molecular weight is 333 g/mol. The van der Waals surface area contributed by atoms with Crippen LogP contribution in [0.25, 0.3) is 11.0 Å². The number of carbonyl (C=O) groups is 1. The molecule has 0 fully saturated rings. The molecule has 0 aliphatic heterocycles. The molecule has 124 valence electrons. The van der Waals surface area contributed by atoms with Gasteiger partial charge in [0.15, 0.2) is 0 Å². The molecule has 0 saturated heterocycles. The number of rotatable bonds is 3. The second kappa shape index (κ2) is 5.67. The van der Waals surface area contributed by atoms with E-state index in [1.807, 2.05) is 11.6 Å². The van der Waals surface area contributed by atoms with E-state index < -0.39 is 17.6 Å². The molecule has 0 bridgehead atoms. The van der Waals surface area contributed by atoms with Gasteiger partial charge in [-0.15, -0.1) is 0 Å². The van der Waals surface area contributed by atoms with Gasteiger partial charge in [-0.25, -0.2) is 4.98 Å². The van der Waals surface area contributed by atoms with E-state index >= 15 is 0 Å². The molecule has 0 atom stereocenters. The SMILES string of the molecule is Cn1c(Cc2ccc(C(F)(F)F)cc2)nc2cc(C(N)=O)ccc21. The van der Waals surface area contributed by atoms with Crippen molar-refractivity contribution in [3.8, 4) is 0 Å². The molecule has 24 heavy (non-hydrogen) atoms. The van der Waals surface area contributed by atoms with Gasteiger partial charge < -0.3 is 10.3 Å². The van der Waals surface area contributed by atoms with Gasteiger partial charge in [0.05, 0.1) is 16.6 Å². The Balaban J connectivity index is 1.92. The highest BCUT2D eigenvalue weighted by atomic mass is 19.4. The van der Waals surface area contributed by atoms with Crippen LogP contribution >= 0.6 is 0 Å². The Morgan fingerprint density at radius 3 is 2.42 bits per heavy atom. The fourth-order valence-electron chi connectivity index (χ4n) is 2.56. The number of carbonyl (C=O) groups excluding carboxylic acids is 1. The minimum Gasteiger partial charge on any atom is -0.366 e. The topological polar surface area (TPSA) is 60.9 Å². The van der Waals surface area contributed by atoms with Crippen molar-refractivity contribution in [1.29, 1.82) is 0 Å². The van der Waals surface area contributed by atoms with Crippen LogP contribution in [0.3, 0.4) is 0 Å². The summed E-state index contributed by atoms with van der Waals surface area (Å²) in [6.45, 7) is 0. The van der Waals surface area contributed by atoms with Crippen molar-refractivity contribution in [1.82, 2.24) is 9.55 Å². The predicted molar refractivity (Wildman–Crippen MR) is 83.5 cm³/mol. The van der Waals surface area contributed by atoms with Crippen LogP contribution in [0.5, 0.6) is 0 Å². The van der Waals surface area contributed by atoms with E-state index in [1.165, 1.54) is 12.1 Å². The van der Waals surface area contributed by atoms with Crippen LogP contribution in [0.15, 0.2) is 42.5 Å². The lowest BCUT2D eigenvalue weighted by Crippen LogP contribution is -2.10. The lowest BCUT2D eigenvalue weighted by molar-refractivity contribution is -0.137. The number of primary amides is 1. The van der Waals surface area contributed by atoms with Gasteiger partial charge in [0.1, 0.15) is 5.82 Å². The van der Waals surface area contributed by atoms with Gasteiger partial charge >= 0.3 is 6.18 Å². The van der Waals surface area contributed by atoms with Crippen LogP contribution in [-0.2, 0) is 19.6 Å². The molecular formula is C17H14F3N3O. The number of imidazole rings is 1. The van der Waals surface area contributed by atoms with Gasteiger partial charge in [-0.1, -0.05) is 12.1 Å². The number of halogens is 3. The minimum absolute atomic E-state index is 0.363. The van der Waals surface area contributed by atoms with Crippen molar-refractivity contribution in [3.05, 3.63) is 65.0 Å². The van der Waals surface area contributed by atoms with Crippen molar-refractivity contribution < 1.29 is 18.0 Å². The zero-order valence-corrected chi connectivity index (χ0v) is 12.8. The number of alkyl halides is 3. The molecule has 0 spiro atoms. The fraction of sp³-hybridized carbons (Fsp3) is 0.176. The summed E-state index contributed by atoms with van der Waals surface area (Å²) in [5.74, 6) is 0.151. The Labute approximate surface area is 135 Å². The smallest absolute Gasteiger partial charge is 0.366 e. The Bertz CT molecular complexity index is 911. The van der Waals surface area contributed by atoms with E-state index in [4.69, 9.17) is 5.73 Å². The maximum Gasteiger partial charge on any atom is 0.416 e. The predicted octanol–water partition coefficient (Wildman–Crippen LogP) is 3.28. The molecule has 1 heterocycles. The quantitative estimate of drug-likeness (QED) is 0.799. The summed E-state index contributed by atoms with van der Waals surface area (Å²) in [5, 5.41) is 0. The third-order valence-electron chi connectivity index (χ3n) is 3.90. The Hall–Kier alpha value is -2.83. The zero-order chi connectivity index (χ0) is 17.5. The number of hydrogen-bond donors (Lipinski definition) is 1. The zero-order valence-electron chi connectivity index (χ0n) is 12.8. The first-order valence-corrected chi connectivity index (χ1v) is 7.17. The van der Waals surface area contributed by atoms with E-state index in [9.17, 15) is 18.0 Å². The van der Waals surface area contributed by atoms with Crippen molar-refractivity contribution in [2.24, 2.45) is 12.8 Å². The van der Waals surface area contributed by atoms with E-state index in [-0.39, 0.29) is 0 Å². The second-order valence-corrected chi connectivity index (χ2v) is 5.53. The first kappa shape index (κ1) is 16.0. The van der Waals surface area contributed by atoms with E-state index in [0.717, 1.165) is 23.2 Å². The monoisotopic (exact) mass is 333 g/mol. The maximum absolute atomic E-state index is 12.6. The average Bonchev–Trinajstić information content (AvgIpc) is 2.82. The molecule has 0 unspecified atom stereocenters. The molecule has 0 saturated carbocycles. The summed E-state index contributed by atoms with van der Waals surface area (Å²) >= 11 is 0. The first-order valence-electron chi connectivity index (χ1n) is 7.17. The molecule has 0 aliphatic carbocycles. The van der Waals surface area contributed by atoms with Crippen LogP contribution in [0, 0.1) is 0 Å². The summed E-state index contributed by atoms with van der Waals surface area (Å²) < 4.78 is 39.6. The number of nitrogens with zero attached hydrogens (tertiary/aromatic N) is 2. The van der Waals surface area contributed by atoms with E-state index in [1.54, 1.807) is 18.2 Å². The first-order chi connectivity index (χ1) is 11.3. The van der Waals surface area contributed by atoms with Crippen LogP contribution in [0.1, 0.15) is 27.3 Å². The third kappa shape index (κ3) is 2.97. The molecule has 3 aromatic rings.